The number of para-hydroxylation sites is 1. The molecule has 1 aromatic carbocycles. The topological polar surface area (TPSA) is 38.7 Å². The van der Waals surface area contributed by atoms with Crippen LogP contribution in [0, 0.1) is 0 Å². The molecule has 14 heavy (non-hydrogen) atoms. The summed E-state index contributed by atoms with van der Waals surface area (Å²) in [4.78, 5) is 13.1. The molecule has 0 spiro atoms. The monoisotopic (exact) mass is 219 g/mol. The lowest BCUT2D eigenvalue weighted by atomic mass is 10.3. The lowest BCUT2D eigenvalue weighted by Gasteiger charge is -2.07. The summed E-state index contributed by atoms with van der Waals surface area (Å²) in [5.74, 6) is -0.326. The number of halogens is 3. The van der Waals surface area contributed by atoms with Gasteiger partial charge in [-0.3, -0.25) is 0 Å². The molecule has 1 aromatic rings. The van der Waals surface area contributed by atoms with Gasteiger partial charge >= 0.3 is 6.61 Å². The van der Waals surface area contributed by atoms with Crippen molar-refractivity contribution in [2.24, 2.45) is 4.99 Å². The lowest BCUT2D eigenvalue weighted by molar-refractivity contribution is -0.0493. The highest BCUT2D eigenvalue weighted by molar-refractivity contribution is 6.32. The van der Waals surface area contributed by atoms with E-state index >= 15 is 0 Å². The normalized spacial score (nSPS) is 9.71. The van der Waals surface area contributed by atoms with Gasteiger partial charge in [-0.1, -0.05) is 17.7 Å². The maximum Gasteiger partial charge on any atom is 0.387 e. The summed E-state index contributed by atoms with van der Waals surface area (Å²) in [7, 11) is 0. The van der Waals surface area contributed by atoms with E-state index in [0.717, 1.165) is 0 Å². The van der Waals surface area contributed by atoms with Crippen molar-refractivity contribution in [3.05, 3.63) is 23.2 Å². The predicted molar refractivity (Wildman–Crippen MR) is 45.9 cm³/mol. The molecule has 0 saturated heterocycles. The molecule has 0 radical (unpaired) electrons. The highest BCUT2D eigenvalue weighted by Gasteiger charge is 2.12. The van der Waals surface area contributed by atoms with Crippen LogP contribution >= 0.6 is 11.6 Å². The summed E-state index contributed by atoms with van der Waals surface area (Å²) in [5.41, 5.74) is -0.0761. The fourth-order valence-electron chi connectivity index (χ4n) is 0.840. The van der Waals surface area contributed by atoms with Crippen molar-refractivity contribution in [1.82, 2.24) is 0 Å². The van der Waals surface area contributed by atoms with Crippen LogP contribution in [0.25, 0.3) is 0 Å². The van der Waals surface area contributed by atoms with Gasteiger partial charge in [0, 0.05) is 0 Å². The van der Waals surface area contributed by atoms with Gasteiger partial charge in [-0.25, -0.2) is 4.79 Å². The lowest BCUT2D eigenvalue weighted by Crippen LogP contribution is -2.02. The van der Waals surface area contributed by atoms with Crippen molar-refractivity contribution in [2.75, 3.05) is 0 Å². The van der Waals surface area contributed by atoms with E-state index in [1.807, 2.05) is 0 Å². The van der Waals surface area contributed by atoms with Crippen molar-refractivity contribution < 1.29 is 18.3 Å². The maximum atomic E-state index is 11.9. The van der Waals surface area contributed by atoms with Gasteiger partial charge in [0.1, 0.15) is 5.69 Å². The SMILES string of the molecule is O=C=Nc1cccc(Cl)c1OC(F)F. The fraction of sp³-hybridized carbons (Fsp3) is 0.125. The van der Waals surface area contributed by atoms with E-state index in [1.54, 1.807) is 0 Å². The molecule has 0 atom stereocenters. The van der Waals surface area contributed by atoms with Gasteiger partial charge in [-0.2, -0.15) is 13.8 Å². The van der Waals surface area contributed by atoms with E-state index < -0.39 is 6.61 Å². The van der Waals surface area contributed by atoms with Crippen LogP contribution in [-0.4, -0.2) is 12.7 Å². The first-order valence-electron chi connectivity index (χ1n) is 3.46. The standard InChI is InChI=1S/C8H4ClF2NO2/c9-5-2-1-3-6(12-4-13)7(5)14-8(10)11/h1-3,8H. The molecule has 0 bridgehead atoms. The molecule has 0 aliphatic heterocycles. The van der Waals surface area contributed by atoms with E-state index in [1.165, 1.54) is 24.3 Å². The average Bonchev–Trinajstić information content (AvgIpc) is 2.11. The zero-order valence-corrected chi connectivity index (χ0v) is 7.46. The van der Waals surface area contributed by atoms with E-state index in [0.29, 0.717) is 0 Å². The molecule has 0 N–H and O–H groups in total. The zero-order valence-electron chi connectivity index (χ0n) is 6.71. The van der Waals surface area contributed by atoms with Gasteiger partial charge in [0.15, 0.2) is 5.75 Å². The Morgan fingerprint density at radius 3 is 2.79 bits per heavy atom. The molecule has 6 heteroatoms. The number of alkyl halides is 2. The number of hydrogen-bond donors (Lipinski definition) is 0. The molecule has 0 fully saturated rings. The molecule has 1 rings (SSSR count). The zero-order chi connectivity index (χ0) is 10.6. The van der Waals surface area contributed by atoms with Crippen molar-refractivity contribution >= 4 is 23.4 Å². The second kappa shape index (κ2) is 4.69. The number of benzene rings is 1. The fourth-order valence-corrected chi connectivity index (χ4v) is 1.05. The molecule has 0 aliphatic rings. The van der Waals surface area contributed by atoms with Crippen LogP contribution in [0.1, 0.15) is 0 Å². The van der Waals surface area contributed by atoms with Crippen LogP contribution in [0.2, 0.25) is 5.02 Å². The van der Waals surface area contributed by atoms with Crippen LogP contribution in [0.15, 0.2) is 23.2 Å². The smallest absolute Gasteiger partial charge is 0.387 e. The van der Waals surface area contributed by atoms with Crippen LogP contribution < -0.4 is 4.74 Å². The third-order valence-corrected chi connectivity index (χ3v) is 1.62. The van der Waals surface area contributed by atoms with Gasteiger partial charge in [-0.15, -0.1) is 0 Å². The Kier molecular flexibility index (Phi) is 3.56. The Morgan fingerprint density at radius 1 is 1.50 bits per heavy atom. The van der Waals surface area contributed by atoms with E-state index in [-0.39, 0.29) is 16.5 Å². The third-order valence-electron chi connectivity index (χ3n) is 1.32. The molecule has 0 amide bonds. The highest BCUT2D eigenvalue weighted by atomic mass is 35.5. The molecule has 0 aliphatic carbocycles. The number of rotatable bonds is 3. The summed E-state index contributed by atoms with van der Waals surface area (Å²) >= 11 is 5.56. The Hall–Kier alpha value is -1.45. The van der Waals surface area contributed by atoms with Crippen LogP contribution in [-0.2, 0) is 4.79 Å². The number of aliphatic imine (C=N–C) groups is 1. The second-order valence-electron chi connectivity index (χ2n) is 2.17. The number of carbonyl (C=O) groups excluding carboxylic acids is 1. The van der Waals surface area contributed by atoms with Crippen molar-refractivity contribution in [2.45, 2.75) is 6.61 Å². The van der Waals surface area contributed by atoms with E-state index in [9.17, 15) is 13.6 Å². The first-order valence-corrected chi connectivity index (χ1v) is 3.84. The Balaban J connectivity index is 3.14. The largest absolute Gasteiger partial charge is 0.431 e. The molecule has 0 heterocycles. The Labute approximate surface area is 83.0 Å². The van der Waals surface area contributed by atoms with Crippen LogP contribution in [0.4, 0.5) is 14.5 Å². The van der Waals surface area contributed by atoms with Crippen molar-refractivity contribution in [3.63, 3.8) is 0 Å². The third kappa shape index (κ3) is 2.52. The molecule has 74 valence electrons. The number of ether oxygens (including phenoxy) is 1. The molecule has 0 saturated carbocycles. The van der Waals surface area contributed by atoms with Gasteiger partial charge in [-0.05, 0) is 12.1 Å². The number of hydrogen-bond acceptors (Lipinski definition) is 3. The minimum absolute atomic E-state index is 0.0400. The molecule has 0 unspecified atom stereocenters. The van der Waals surface area contributed by atoms with E-state index in [4.69, 9.17) is 11.6 Å². The minimum Gasteiger partial charge on any atom is -0.431 e. The molecule has 0 aromatic heterocycles. The summed E-state index contributed by atoms with van der Waals surface area (Å²) in [6, 6.07) is 4.12. The minimum atomic E-state index is -3.02. The van der Waals surface area contributed by atoms with Gasteiger partial charge in [0.05, 0.1) is 5.02 Å². The summed E-state index contributed by atoms with van der Waals surface area (Å²) in [5, 5.41) is -0.0400. The Bertz CT molecular complexity index is 378. The highest BCUT2D eigenvalue weighted by Crippen LogP contribution is 2.35. The van der Waals surface area contributed by atoms with Gasteiger partial charge < -0.3 is 4.74 Å². The first kappa shape index (κ1) is 10.6. The maximum absolute atomic E-state index is 11.9. The van der Waals surface area contributed by atoms with Crippen molar-refractivity contribution in [1.29, 1.82) is 0 Å². The second-order valence-corrected chi connectivity index (χ2v) is 2.58. The molecule has 3 nitrogen and oxygen atoms in total. The molecular formula is C8H4ClF2NO2. The van der Waals surface area contributed by atoms with Crippen LogP contribution in [0.5, 0.6) is 5.75 Å². The molecular weight excluding hydrogens is 216 g/mol. The summed E-state index contributed by atoms with van der Waals surface area (Å²) in [6.45, 7) is -3.02. The summed E-state index contributed by atoms with van der Waals surface area (Å²) in [6.07, 6.45) is 1.22. The van der Waals surface area contributed by atoms with Crippen LogP contribution in [0.3, 0.4) is 0 Å². The van der Waals surface area contributed by atoms with E-state index in [2.05, 4.69) is 9.73 Å². The Morgan fingerprint density at radius 2 is 2.21 bits per heavy atom. The van der Waals surface area contributed by atoms with Gasteiger partial charge in [0.2, 0.25) is 6.08 Å². The quantitative estimate of drug-likeness (QED) is 0.579. The van der Waals surface area contributed by atoms with Crippen molar-refractivity contribution in [3.8, 4) is 5.75 Å². The summed E-state index contributed by atoms with van der Waals surface area (Å²) < 4.78 is 27.9. The van der Waals surface area contributed by atoms with Gasteiger partial charge in [0.25, 0.3) is 0 Å². The predicted octanol–water partition coefficient (Wildman–Crippen LogP) is 2.91. The average molecular weight is 220 g/mol. The first-order chi connectivity index (χ1) is 6.65. The number of nitrogens with zero attached hydrogens (tertiary/aromatic N) is 1. The number of isocyanates is 1.